The van der Waals surface area contributed by atoms with E-state index in [-0.39, 0.29) is 5.41 Å². The number of benzene rings is 8. The van der Waals surface area contributed by atoms with Gasteiger partial charge in [0.25, 0.3) is 0 Å². The molecule has 0 fully saturated rings. The first-order valence-electron chi connectivity index (χ1n) is 19.2. The van der Waals surface area contributed by atoms with Crippen LogP contribution in [0.2, 0.25) is 0 Å². The number of fused-ring (bicyclic) bond motifs is 4. The van der Waals surface area contributed by atoms with Crippen LogP contribution in [0.4, 0.5) is 17.1 Å². The van der Waals surface area contributed by atoms with Crippen molar-refractivity contribution in [1.29, 1.82) is 0 Å². The molecule has 1 aliphatic rings. The quantitative estimate of drug-likeness (QED) is 0.136. The van der Waals surface area contributed by atoms with E-state index in [1.54, 1.807) is 0 Å². The van der Waals surface area contributed by atoms with Gasteiger partial charge in [-0.2, -0.15) is 0 Å². The summed E-state index contributed by atoms with van der Waals surface area (Å²) < 4.78 is 0. The molecule has 0 atom stereocenters. The van der Waals surface area contributed by atoms with Gasteiger partial charge in [-0.3, -0.25) is 0 Å². The second-order valence-electron chi connectivity index (χ2n) is 14.3. The summed E-state index contributed by atoms with van der Waals surface area (Å²) in [6.07, 6.45) is 6.68. The first kappa shape index (κ1) is 33.4. The van der Waals surface area contributed by atoms with E-state index in [1.807, 2.05) is 0 Å². The van der Waals surface area contributed by atoms with Crippen molar-refractivity contribution in [2.24, 2.45) is 0 Å². The van der Waals surface area contributed by atoms with Gasteiger partial charge in [0.2, 0.25) is 0 Å². The summed E-state index contributed by atoms with van der Waals surface area (Å²) in [6, 6.07) is 68.5. The molecule has 0 saturated heterocycles. The van der Waals surface area contributed by atoms with Crippen LogP contribution in [-0.2, 0) is 5.41 Å². The molecule has 0 heterocycles. The average molecular weight is 694 g/mol. The summed E-state index contributed by atoms with van der Waals surface area (Å²) in [5.74, 6) is 0. The van der Waals surface area contributed by atoms with E-state index in [9.17, 15) is 0 Å². The summed E-state index contributed by atoms with van der Waals surface area (Å²) in [5, 5.41) is 2.54. The normalized spacial score (nSPS) is 12.9. The Kier molecular flexibility index (Phi) is 8.77. The summed E-state index contributed by atoms with van der Waals surface area (Å²) >= 11 is 0. The minimum Gasteiger partial charge on any atom is -0.310 e. The molecule has 0 saturated carbocycles. The van der Waals surface area contributed by atoms with E-state index in [4.69, 9.17) is 0 Å². The highest BCUT2D eigenvalue weighted by molar-refractivity contribution is 6.10. The second kappa shape index (κ2) is 14.2. The minimum atomic E-state index is -0.0712. The van der Waals surface area contributed by atoms with Crippen molar-refractivity contribution in [3.05, 3.63) is 210 Å². The Morgan fingerprint density at radius 1 is 0.426 bits per heavy atom. The van der Waals surface area contributed by atoms with Gasteiger partial charge in [-0.1, -0.05) is 178 Å². The van der Waals surface area contributed by atoms with E-state index in [0.717, 1.165) is 24.2 Å². The first-order valence-corrected chi connectivity index (χ1v) is 19.2. The standard InChI is InChI=1S/C53H43N/c1-3-53(4-2)50-36-38(29-33-48(50)49-35-32-44(37-51(49)53)54(42-22-13-7-14-23-42)43-24-15-8-16-25-43)28-30-41-31-34-47(40-20-11-6-12-21-40)52-45(26-17-27-46(41)52)39-18-9-5-10-19-39/h5-37H,3-4H2,1-2H3. The van der Waals surface area contributed by atoms with Gasteiger partial charge >= 0.3 is 0 Å². The molecule has 1 nitrogen and oxygen atoms in total. The summed E-state index contributed by atoms with van der Waals surface area (Å²) in [6.45, 7) is 4.71. The zero-order valence-electron chi connectivity index (χ0n) is 30.9. The predicted molar refractivity (Wildman–Crippen MR) is 232 cm³/mol. The van der Waals surface area contributed by atoms with Crippen LogP contribution in [0, 0.1) is 0 Å². The van der Waals surface area contributed by atoms with Crippen LogP contribution in [0.3, 0.4) is 0 Å². The molecule has 9 rings (SSSR count). The molecule has 260 valence electrons. The number of para-hydroxylation sites is 2. The summed E-state index contributed by atoms with van der Waals surface area (Å²) in [5.41, 5.74) is 16.4. The number of nitrogens with zero attached hydrogens (tertiary/aromatic N) is 1. The fourth-order valence-corrected chi connectivity index (χ4v) is 8.83. The highest BCUT2D eigenvalue weighted by Gasteiger charge is 2.41. The third-order valence-electron chi connectivity index (χ3n) is 11.6. The molecule has 0 aromatic heterocycles. The Labute approximate surface area is 319 Å². The molecule has 0 aliphatic heterocycles. The van der Waals surface area contributed by atoms with Crippen LogP contribution in [0.15, 0.2) is 188 Å². The smallest absolute Gasteiger partial charge is 0.0465 e. The third-order valence-corrected chi connectivity index (χ3v) is 11.6. The second-order valence-corrected chi connectivity index (χ2v) is 14.3. The van der Waals surface area contributed by atoms with Crippen LogP contribution in [0.5, 0.6) is 0 Å². The van der Waals surface area contributed by atoms with E-state index in [0.29, 0.717) is 0 Å². The van der Waals surface area contributed by atoms with Crippen molar-refractivity contribution in [2.45, 2.75) is 32.1 Å². The largest absolute Gasteiger partial charge is 0.310 e. The van der Waals surface area contributed by atoms with Gasteiger partial charge in [0.05, 0.1) is 0 Å². The van der Waals surface area contributed by atoms with Crippen LogP contribution in [0.25, 0.3) is 56.3 Å². The maximum absolute atomic E-state index is 2.46. The topological polar surface area (TPSA) is 3.24 Å². The van der Waals surface area contributed by atoms with Gasteiger partial charge in [0, 0.05) is 22.5 Å². The van der Waals surface area contributed by atoms with E-state index in [2.05, 4.69) is 219 Å². The zero-order valence-corrected chi connectivity index (χ0v) is 30.9. The van der Waals surface area contributed by atoms with Gasteiger partial charge < -0.3 is 4.90 Å². The van der Waals surface area contributed by atoms with E-state index in [1.165, 1.54) is 72.1 Å². The molecule has 0 radical (unpaired) electrons. The van der Waals surface area contributed by atoms with Gasteiger partial charge in [-0.05, 0) is 116 Å². The lowest BCUT2D eigenvalue weighted by Crippen LogP contribution is -2.23. The summed E-state index contributed by atoms with van der Waals surface area (Å²) in [7, 11) is 0. The lowest BCUT2D eigenvalue weighted by molar-refractivity contribution is 0.490. The number of anilines is 3. The van der Waals surface area contributed by atoms with E-state index < -0.39 is 0 Å². The van der Waals surface area contributed by atoms with Crippen LogP contribution in [0.1, 0.15) is 48.9 Å². The molecular weight excluding hydrogens is 651 g/mol. The Morgan fingerprint density at radius 2 is 0.944 bits per heavy atom. The molecule has 8 aromatic rings. The van der Waals surface area contributed by atoms with Crippen molar-refractivity contribution in [3.63, 3.8) is 0 Å². The van der Waals surface area contributed by atoms with Crippen LogP contribution >= 0.6 is 0 Å². The minimum absolute atomic E-state index is 0.0712. The fourth-order valence-electron chi connectivity index (χ4n) is 8.83. The maximum Gasteiger partial charge on any atom is 0.0465 e. The SMILES string of the molecule is CCC1(CC)c2cc(C=Cc3ccc(-c4ccccc4)c4c(-c5ccccc5)cccc34)ccc2-c2ccc(N(c3ccccc3)c3ccccc3)cc21. The first-order chi connectivity index (χ1) is 26.7. The van der Waals surface area contributed by atoms with Crippen molar-refractivity contribution in [3.8, 4) is 33.4 Å². The van der Waals surface area contributed by atoms with Crippen molar-refractivity contribution in [1.82, 2.24) is 0 Å². The van der Waals surface area contributed by atoms with Crippen molar-refractivity contribution >= 4 is 40.0 Å². The zero-order chi connectivity index (χ0) is 36.5. The number of hydrogen-bond donors (Lipinski definition) is 0. The van der Waals surface area contributed by atoms with Crippen LogP contribution in [-0.4, -0.2) is 0 Å². The lowest BCUT2D eigenvalue weighted by atomic mass is 9.73. The Hall–Kier alpha value is -6.44. The molecule has 0 amide bonds. The summed E-state index contributed by atoms with van der Waals surface area (Å²) in [4.78, 5) is 2.38. The number of hydrogen-bond acceptors (Lipinski definition) is 1. The van der Waals surface area contributed by atoms with Gasteiger partial charge in [-0.15, -0.1) is 0 Å². The lowest BCUT2D eigenvalue weighted by Gasteiger charge is -2.32. The monoisotopic (exact) mass is 693 g/mol. The fraction of sp³-hybridized carbons (Fsp3) is 0.0943. The van der Waals surface area contributed by atoms with E-state index >= 15 is 0 Å². The molecule has 0 N–H and O–H groups in total. The average Bonchev–Trinajstić information content (AvgIpc) is 3.52. The molecule has 0 unspecified atom stereocenters. The highest BCUT2D eigenvalue weighted by Crippen LogP contribution is 2.54. The molecule has 0 bridgehead atoms. The number of rotatable bonds is 9. The molecule has 8 aromatic carbocycles. The molecular formula is C53H43N. The molecule has 1 aliphatic carbocycles. The Bertz CT molecular complexity index is 2510. The predicted octanol–water partition coefficient (Wildman–Crippen LogP) is 14.9. The van der Waals surface area contributed by atoms with Crippen molar-refractivity contribution < 1.29 is 0 Å². The van der Waals surface area contributed by atoms with Gasteiger partial charge in [-0.25, -0.2) is 0 Å². The third kappa shape index (κ3) is 5.74. The molecule has 0 spiro atoms. The highest BCUT2D eigenvalue weighted by atomic mass is 15.1. The molecule has 1 heteroatoms. The maximum atomic E-state index is 2.46. The molecule has 54 heavy (non-hydrogen) atoms. The van der Waals surface area contributed by atoms with Gasteiger partial charge in [0.1, 0.15) is 0 Å². The Morgan fingerprint density at radius 3 is 1.54 bits per heavy atom. The Balaban J connectivity index is 1.13. The van der Waals surface area contributed by atoms with Crippen LogP contribution < -0.4 is 4.90 Å². The van der Waals surface area contributed by atoms with Crippen molar-refractivity contribution in [2.75, 3.05) is 4.90 Å². The van der Waals surface area contributed by atoms with Gasteiger partial charge in [0.15, 0.2) is 0 Å².